The number of hydrogen-bond donors (Lipinski definition) is 0. The van der Waals surface area contributed by atoms with Gasteiger partial charge in [-0.3, -0.25) is 0 Å². The molecular weight excluding hydrogens is 445 g/mol. The van der Waals surface area contributed by atoms with Gasteiger partial charge < -0.3 is 9.47 Å². The Balaban J connectivity index is 1.90. The van der Waals surface area contributed by atoms with Gasteiger partial charge in [0.05, 0.1) is 18.2 Å². The molecule has 0 aliphatic heterocycles. The molecular formula is C25H21BrFNO2. The highest BCUT2D eigenvalue weighted by Gasteiger charge is 2.12. The first kappa shape index (κ1) is 21.6. The second-order valence-electron chi connectivity index (χ2n) is 6.70. The zero-order valence-corrected chi connectivity index (χ0v) is 18.4. The monoisotopic (exact) mass is 465 g/mol. The van der Waals surface area contributed by atoms with E-state index in [0.717, 1.165) is 26.7 Å². The van der Waals surface area contributed by atoms with Gasteiger partial charge in [-0.1, -0.05) is 57.9 Å². The summed E-state index contributed by atoms with van der Waals surface area (Å²) in [6, 6.07) is 19.9. The van der Waals surface area contributed by atoms with Crippen LogP contribution in [0.4, 0.5) is 4.39 Å². The fourth-order valence-electron chi connectivity index (χ4n) is 2.85. The van der Waals surface area contributed by atoms with Crippen LogP contribution in [0, 0.1) is 24.1 Å². The average Bonchev–Trinajstić information content (AvgIpc) is 2.74. The minimum Gasteiger partial charge on any atom is -0.490 e. The molecule has 5 heteroatoms. The number of nitriles is 1. The van der Waals surface area contributed by atoms with Crippen molar-refractivity contribution >= 4 is 27.6 Å². The molecule has 3 rings (SSSR count). The normalized spacial score (nSPS) is 11.1. The quantitative estimate of drug-likeness (QED) is 0.280. The summed E-state index contributed by atoms with van der Waals surface area (Å²) in [7, 11) is 0. The largest absolute Gasteiger partial charge is 0.490 e. The van der Waals surface area contributed by atoms with E-state index in [2.05, 4.69) is 22.0 Å². The van der Waals surface area contributed by atoms with Crippen molar-refractivity contribution in [1.29, 1.82) is 5.26 Å². The third-order valence-corrected chi connectivity index (χ3v) is 5.14. The molecule has 0 aliphatic carbocycles. The summed E-state index contributed by atoms with van der Waals surface area (Å²) in [5, 5.41) is 9.64. The maximum absolute atomic E-state index is 13.1. The molecule has 0 amide bonds. The number of allylic oxidation sites excluding steroid dienone is 1. The lowest BCUT2D eigenvalue weighted by Gasteiger charge is -2.14. The number of halogens is 2. The molecule has 0 aliphatic rings. The number of ether oxygens (including phenoxy) is 2. The van der Waals surface area contributed by atoms with Crippen LogP contribution in [0.15, 0.2) is 65.1 Å². The Morgan fingerprint density at radius 2 is 1.70 bits per heavy atom. The summed E-state index contributed by atoms with van der Waals surface area (Å²) in [6.45, 7) is 4.67. The van der Waals surface area contributed by atoms with Gasteiger partial charge in [0.15, 0.2) is 11.5 Å². The molecule has 0 bridgehead atoms. The molecule has 152 valence electrons. The molecule has 0 N–H and O–H groups in total. The molecule has 0 fully saturated rings. The van der Waals surface area contributed by atoms with Gasteiger partial charge in [-0.25, -0.2) is 4.39 Å². The minimum atomic E-state index is -0.283. The fraction of sp³-hybridized carbons (Fsp3) is 0.160. The molecule has 3 aromatic carbocycles. The van der Waals surface area contributed by atoms with Gasteiger partial charge in [0, 0.05) is 4.47 Å². The van der Waals surface area contributed by atoms with E-state index >= 15 is 0 Å². The summed E-state index contributed by atoms with van der Waals surface area (Å²) >= 11 is 3.57. The van der Waals surface area contributed by atoms with Crippen molar-refractivity contribution in [2.45, 2.75) is 20.5 Å². The maximum Gasteiger partial charge on any atom is 0.162 e. The van der Waals surface area contributed by atoms with Crippen LogP contribution in [0.3, 0.4) is 0 Å². The lowest BCUT2D eigenvalue weighted by Crippen LogP contribution is -2.00. The number of hydrogen-bond acceptors (Lipinski definition) is 3. The number of nitrogens with zero attached hydrogens (tertiary/aromatic N) is 1. The van der Waals surface area contributed by atoms with Gasteiger partial charge in [-0.15, -0.1) is 0 Å². The van der Waals surface area contributed by atoms with Crippen LogP contribution in [-0.4, -0.2) is 6.61 Å². The molecule has 0 atom stereocenters. The maximum atomic E-state index is 13.1. The highest BCUT2D eigenvalue weighted by molar-refractivity contribution is 9.10. The van der Waals surface area contributed by atoms with Gasteiger partial charge in [0.25, 0.3) is 0 Å². The van der Waals surface area contributed by atoms with E-state index in [-0.39, 0.29) is 12.4 Å². The van der Waals surface area contributed by atoms with E-state index in [1.807, 2.05) is 56.3 Å². The summed E-state index contributed by atoms with van der Waals surface area (Å²) in [5.41, 5.74) is 4.20. The minimum absolute atomic E-state index is 0.283. The molecule has 0 saturated carbocycles. The highest BCUT2D eigenvalue weighted by Crippen LogP contribution is 2.36. The number of aryl methyl sites for hydroxylation is 1. The topological polar surface area (TPSA) is 42.2 Å². The van der Waals surface area contributed by atoms with E-state index in [9.17, 15) is 9.65 Å². The summed E-state index contributed by atoms with van der Waals surface area (Å²) in [5.74, 6) is 0.865. The van der Waals surface area contributed by atoms with Crippen molar-refractivity contribution in [2.24, 2.45) is 0 Å². The van der Waals surface area contributed by atoms with E-state index in [1.54, 1.807) is 12.1 Å². The van der Waals surface area contributed by atoms with Gasteiger partial charge in [0.2, 0.25) is 0 Å². The van der Waals surface area contributed by atoms with Crippen molar-refractivity contribution in [3.63, 3.8) is 0 Å². The van der Waals surface area contributed by atoms with Gasteiger partial charge in [-0.2, -0.15) is 5.26 Å². The second kappa shape index (κ2) is 10.1. The van der Waals surface area contributed by atoms with Gasteiger partial charge >= 0.3 is 0 Å². The Hall–Kier alpha value is -3.10. The van der Waals surface area contributed by atoms with Crippen molar-refractivity contribution < 1.29 is 13.9 Å². The van der Waals surface area contributed by atoms with E-state index in [1.165, 1.54) is 12.1 Å². The zero-order valence-electron chi connectivity index (χ0n) is 16.8. The SMILES string of the molecule is CCOc1cc(/C=C(/C#N)c2ccc(C)cc2)c(Br)cc1OCc1ccc(F)cc1. The first-order chi connectivity index (χ1) is 14.5. The van der Waals surface area contributed by atoms with E-state index < -0.39 is 0 Å². The van der Waals surface area contributed by atoms with Gasteiger partial charge in [0.1, 0.15) is 12.4 Å². The number of benzene rings is 3. The molecule has 0 unspecified atom stereocenters. The third-order valence-electron chi connectivity index (χ3n) is 4.45. The first-order valence-corrected chi connectivity index (χ1v) is 10.3. The highest BCUT2D eigenvalue weighted by atomic mass is 79.9. The van der Waals surface area contributed by atoms with Crippen LogP contribution in [0.2, 0.25) is 0 Å². The molecule has 30 heavy (non-hydrogen) atoms. The average molecular weight is 466 g/mol. The van der Waals surface area contributed by atoms with Crippen molar-refractivity contribution in [2.75, 3.05) is 6.61 Å². The smallest absolute Gasteiger partial charge is 0.162 e. The summed E-state index contributed by atoms with van der Waals surface area (Å²) in [6.07, 6.45) is 1.82. The Morgan fingerprint density at radius 3 is 2.33 bits per heavy atom. The van der Waals surface area contributed by atoms with Crippen LogP contribution in [-0.2, 0) is 6.61 Å². The molecule has 0 saturated heterocycles. The van der Waals surface area contributed by atoms with Crippen LogP contribution in [0.5, 0.6) is 11.5 Å². The predicted molar refractivity (Wildman–Crippen MR) is 121 cm³/mol. The molecule has 0 aromatic heterocycles. The van der Waals surface area contributed by atoms with E-state index in [4.69, 9.17) is 9.47 Å². The molecule has 0 spiro atoms. The fourth-order valence-corrected chi connectivity index (χ4v) is 3.29. The summed E-state index contributed by atoms with van der Waals surface area (Å²) in [4.78, 5) is 0. The zero-order chi connectivity index (χ0) is 21.5. The standard InChI is InChI=1S/C25H21BrFNO2/c1-3-29-24-13-20(12-21(15-28)19-8-4-17(2)5-9-19)23(26)14-25(24)30-16-18-6-10-22(27)11-7-18/h4-14H,3,16H2,1-2H3/b21-12-. The Morgan fingerprint density at radius 1 is 1.03 bits per heavy atom. The predicted octanol–water partition coefficient (Wildman–Crippen LogP) is 6.94. The van der Waals surface area contributed by atoms with Crippen molar-refractivity contribution in [3.8, 4) is 17.6 Å². The van der Waals surface area contributed by atoms with Gasteiger partial charge in [-0.05, 0) is 60.9 Å². The first-order valence-electron chi connectivity index (χ1n) is 9.52. The molecule has 0 heterocycles. The molecule has 3 nitrogen and oxygen atoms in total. The van der Waals surface area contributed by atoms with Crippen molar-refractivity contribution in [1.82, 2.24) is 0 Å². The molecule has 3 aromatic rings. The third kappa shape index (κ3) is 5.49. The Bertz CT molecular complexity index is 1080. The van der Waals surface area contributed by atoms with Crippen LogP contribution < -0.4 is 9.47 Å². The molecule has 0 radical (unpaired) electrons. The lowest BCUT2D eigenvalue weighted by molar-refractivity contribution is 0.269. The summed E-state index contributed by atoms with van der Waals surface area (Å²) < 4.78 is 25.5. The number of rotatable bonds is 7. The van der Waals surface area contributed by atoms with Crippen LogP contribution in [0.25, 0.3) is 11.6 Å². The van der Waals surface area contributed by atoms with Crippen molar-refractivity contribution in [3.05, 3.63) is 93.2 Å². The van der Waals surface area contributed by atoms with E-state index in [0.29, 0.717) is 23.7 Å². The Labute approximate surface area is 184 Å². The van der Waals surface area contributed by atoms with Crippen LogP contribution >= 0.6 is 15.9 Å². The Kier molecular flexibility index (Phi) is 7.26. The van der Waals surface area contributed by atoms with Crippen LogP contribution in [0.1, 0.15) is 29.2 Å². The lowest BCUT2D eigenvalue weighted by atomic mass is 10.0. The second-order valence-corrected chi connectivity index (χ2v) is 7.56.